The van der Waals surface area contributed by atoms with Crippen molar-refractivity contribution in [2.75, 3.05) is 0 Å². The number of phenols is 1. The van der Waals surface area contributed by atoms with Crippen molar-refractivity contribution in [3.8, 4) is 22.7 Å². The molecule has 28 heavy (non-hydrogen) atoms. The predicted molar refractivity (Wildman–Crippen MR) is 117 cm³/mol. The van der Waals surface area contributed by atoms with Crippen LogP contribution in [0.15, 0.2) is 48.5 Å². The summed E-state index contributed by atoms with van der Waals surface area (Å²) in [6, 6.07) is 16.4. The van der Waals surface area contributed by atoms with Crippen molar-refractivity contribution < 1.29 is 5.11 Å². The van der Waals surface area contributed by atoms with Crippen molar-refractivity contribution >= 4 is 0 Å². The molecule has 0 aliphatic heterocycles. The maximum absolute atomic E-state index is 10.2. The van der Waals surface area contributed by atoms with Gasteiger partial charge in [-0.1, -0.05) is 51.8 Å². The fourth-order valence-corrected chi connectivity index (χ4v) is 3.81. The lowest BCUT2D eigenvalue weighted by Gasteiger charge is -2.14. The van der Waals surface area contributed by atoms with Gasteiger partial charge in [0.05, 0.1) is 17.1 Å². The van der Waals surface area contributed by atoms with E-state index in [0.29, 0.717) is 5.75 Å². The number of phenolic OH excluding ortho intramolecular Hbond substituents is 1. The topological polar surface area (TPSA) is 38.0 Å². The Labute approximate surface area is 169 Å². The third-order valence-corrected chi connectivity index (χ3v) is 5.03. The van der Waals surface area contributed by atoms with Gasteiger partial charge in [-0.25, -0.2) is 4.68 Å². The molecule has 0 spiro atoms. The maximum atomic E-state index is 10.2. The van der Waals surface area contributed by atoms with E-state index in [4.69, 9.17) is 5.10 Å². The third-order valence-electron chi connectivity index (χ3n) is 5.03. The highest BCUT2D eigenvalue weighted by molar-refractivity contribution is 5.69. The van der Waals surface area contributed by atoms with Crippen LogP contribution in [-0.4, -0.2) is 14.9 Å². The van der Waals surface area contributed by atoms with Crippen molar-refractivity contribution in [3.05, 3.63) is 65.4 Å². The molecule has 3 nitrogen and oxygen atoms in total. The number of fused-ring (bicyclic) bond motifs is 1. The first-order valence-corrected chi connectivity index (χ1v) is 10.7. The van der Waals surface area contributed by atoms with Gasteiger partial charge in [-0.3, -0.25) is 0 Å². The van der Waals surface area contributed by atoms with Crippen LogP contribution < -0.4 is 0 Å². The normalized spacial score (nSPS) is 12.8. The molecule has 0 atom stereocenters. The zero-order chi connectivity index (χ0) is 19.9. The van der Waals surface area contributed by atoms with E-state index in [9.17, 15) is 5.11 Å². The van der Waals surface area contributed by atoms with Crippen LogP contribution in [-0.2, 0) is 19.3 Å². The Kier molecular flexibility index (Phi) is 6.91. The molecule has 0 saturated carbocycles. The molecular formula is C25H32N2O. The largest absolute Gasteiger partial charge is 0.508 e. The highest BCUT2D eigenvalue weighted by Crippen LogP contribution is 2.35. The van der Waals surface area contributed by atoms with Gasteiger partial charge >= 0.3 is 0 Å². The summed E-state index contributed by atoms with van der Waals surface area (Å²) in [4.78, 5) is 0. The zero-order valence-corrected chi connectivity index (χ0v) is 17.4. The number of rotatable bonds is 4. The van der Waals surface area contributed by atoms with Crippen molar-refractivity contribution in [2.24, 2.45) is 0 Å². The standard InChI is InChI=1S/C22H24N2O.C3H8/c1-2-8-16-15-17(13-14-21(16)25)22-19-11-6-7-12-20(19)23-24(22)18-9-4-3-5-10-18;1-3-2/h3-5,9-10,13-15,25H,2,6-8,11-12H2,1H3;3H2,1-2H3. The fraction of sp³-hybridized carbons (Fsp3) is 0.400. The molecule has 0 fully saturated rings. The van der Waals surface area contributed by atoms with E-state index in [2.05, 4.69) is 55.8 Å². The molecular weight excluding hydrogens is 344 g/mol. The van der Waals surface area contributed by atoms with E-state index in [-0.39, 0.29) is 0 Å². The molecule has 0 unspecified atom stereocenters. The SMILES string of the molecule is CCC.CCCc1cc(-c2c3c(nn2-c2ccccc2)CCCC3)ccc1O. The minimum absolute atomic E-state index is 0.394. The molecule has 0 amide bonds. The second-order valence-corrected chi connectivity index (χ2v) is 7.53. The summed E-state index contributed by atoms with van der Waals surface area (Å²) in [5.41, 5.74) is 7.07. The summed E-state index contributed by atoms with van der Waals surface area (Å²) < 4.78 is 2.10. The summed E-state index contributed by atoms with van der Waals surface area (Å²) in [6.07, 6.45) is 7.74. The van der Waals surface area contributed by atoms with Gasteiger partial charge in [0.2, 0.25) is 0 Å². The van der Waals surface area contributed by atoms with Crippen LogP contribution in [0, 0.1) is 0 Å². The minimum atomic E-state index is 0.394. The molecule has 0 saturated heterocycles. The van der Waals surface area contributed by atoms with Crippen molar-refractivity contribution in [1.29, 1.82) is 0 Å². The number of para-hydroxylation sites is 1. The van der Waals surface area contributed by atoms with Gasteiger partial charge < -0.3 is 5.11 Å². The Balaban J connectivity index is 0.000000706. The van der Waals surface area contributed by atoms with Crippen LogP contribution >= 0.6 is 0 Å². The van der Waals surface area contributed by atoms with Crippen LogP contribution in [0.5, 0.6) is 5.75 Å². The molecule has 2 aromatic carbocycles. The Bertz CT molecular complexity index is 896. The van der Waals surface area contributed by atoms with E-state index in [1.54, 1.807) is 0 Å². The van der Waals surface area contributed by atoms with Gasteiger partial charge in [-0.2, -0.15) is 5.10 Å². The maximum Gasteiger partial charge on any atom is 0.118 e. The van der Waals surface area contributed by atoms with Crippen molar-refractivity contribution in [3.63, 3.8) is 0 Å². The van der Waals surface area contributed by atoms with Gasteiger partial charge in [0, 0.05) is 11.1 Å². The smallest absolute Gasteiger partial charge is 0.118 e. The Morgan fingerprint density at radius 3 is 2.39 bits per heavy atom. The summed E-state index contributed by atoms with van der Waals surface area (Å²) in [7, 11) is 0. The number of hydrogen-bond acceptors (Lipinski definition) is 2. The third kappa shape index (κ3) is 4.30. The van der Waals surface area contributed by atoms with Gasteiger partial charge in [-0.15, -0.1) is 0 Å². The second-order valence-electron chi connectivity index (χ2n) is 7.53. The number of aromatic nitrogens is 2. The monoisotopic (exact) mass is 376 g/mol. The average Bonchev–Trinajstić information content (AvgIpc) is 3.11. The molecule has 1 heterocycles. The van der Waals surface area contributed by atoms with Crippen molar-refractivity contribution in [2.45, 2.75) is 65.7 Å². The minimum Gasteiger partial charge on any atom is -0.508 e. The van der Waals surface area contributed by atoms with Gasteiger partial charge in [0.15, 0.2) is 0 Å². The van der Waals surface area contributed by atoms with E-state index in [1.165, 1.54) is 36.2 Å². The summed E-state index contributed by atoms with van der Waals surface area (Å²) >= 11 is 0. The molecule has 1 aliphatic carbocycles. The fourth-order valence-electron chi connectivity index (χ4n) is 3.81. The van der Waals surface area contributed by atoms with E-state index in [1.807, 2.05) is 18.2 Å². The van der Waals surface area contributed by atoms with Crippen LogP contribution in [0.2, 0.25) is 0 Å². The predicted octanol–water partition coefficient (Wildman–Crippen LogP) is 6.49. The first-order valence-electron chi connectivity index (χ1n) is 10.7. The number of aryl methyl sites for hydroxylation is 2. The Morgan fingerprint density at radius 2 is 1.68 bits per heavy atom. The Hall–Kier alpha value is -2.55. The van der Waals surface area contributed by atoms with Gasteiger partial charge in [0.25, 0.3) is 0 Å². The lowest BCUT2D eigenvalue weighted by Crippen LogP contribution is -2.01. The molecule has 3 heteroatoms. The lowest BCUT2D eigenvalue weighted by molar-refractivity contribution is 0.467. The number of hydrogen-bond donors (Lipinski definition) is 1. The van der Waals surface area contributed by atoms with Gasteiger partial charge in [-0.05, 0) is 68.0 Å². The average molecular weight is 377 g/mol. The molecule has 1 N–H and O–H groups in total. The quantitative estimate of drug-likeness (QED) is 0.565. The molecule has 0 radical (unpaired) electrons. The molecule has 4 rings (SSSR count). The lowest BCUT2D eigenvalue weighted by atomic mass is 9.92. The van der Waals surface area contributed by atoms with E-state index < -0.39 is 0 Å². The highest BCUT2D eigenvalue weighted by atomic mass is 16.3. The second kappa shape index (κ2) is 9.59. The van der Waals surface area contributed by atoms with Crippen LogP contribution in [0.25, 0.3) is 16.9 Å². The first kappa shape index (κ1) is 20.2. The number of nitrogens with zero attached hydrogens (tertiary/aromatic N) is 2. The molecule has 1 aromatic heterocycles. The van der Waals surface area contributed by atoms with Crippen LogP contribution in [0.3, 0.4) is 0 Å². The van der Waals surface area contributed by atoms with Crippen LogP contribution in [0.1, 0.15) is 63.3 Å². The first-order chi connectivity index (χ1) is 13.7. The summed E-state index contributed by atoms with van der Waals surface area (Å²) in [5, 5.41) is 15.1. The summed E-state index contributed by atoms with van der Waals surface area (Å²) in [5.74, 6) is 0.394. The highest BCUT2D eigenvalue weighted by Gasteiger charge is 2.23. The van der Waals surface area contributed by atoms with Crippen molar-refractivity contribution in [1.82, 2.24) is 9.78 Å². The number of benzene rings is 2. The molecule has 148 valence electrons. The zero-order valence-electron chi connectivity index (χ0n) is 17.4. The summed E-state index contributed by atoms with van der Waals surface area (Å²) in [6.45, 7) is 6.39. The van der Waals surface area contributed by atoms with E-state index in [0.717, 1.165) is 42.5 Å². The molecule has 3 aromatic rings. The van der Waals surface area contributed by atoms with Crippen LogP contribution in [0.4, 0.5) is 0 Å². The molecule has 0 bridgehead atoms. The number of aromatic hydroxyl groups is 1. The molecule has 1 aliphatic rings. The van der Waals surface area contributed by atoms with E-state index >= 15 is 0 Å². The van der Waals surface area contributed by atoms with Gasteiger partial charge in [0.1, 0.15) is 5.75 Å². The Morgan fingerprint density at radius 1 is 0.964 bits per heavy atom.